The summed E-state index contributed by atoms with van der Waals surface area (Å²) in [5, 5.41) is 8.60. The normalized spacial score (nSPS) is 16.1. The summed E-state index contributed by atoms with van der Waals surface area (Å²) in [4.78, 5) is 30.6. The highest BCUT2D eigenvalue weighted by Gasteiger charge is 2.44. The van der Waals surface area contributed by atoms with Gasteiger partial charge in [-0.05, 0) is 43.8 Å². The van der Waals surface area contributed by atoms with E-state index in [1.807, 2.05) is 30.3 Å². The number of benzene rings is 1. The van der Waals surface area contributed by atoms with E-state index in [0.29, 0.717) is 24.9 Å². The van der Waals surface area contributed by atoms with Crippen molar-refractivity contribution in [3.05, 3.63) is 41.8 Å². The molecule has 210 valence electrons. The van der Waals surface area contributed by atoms with Gasteiger partial charge in [0.2, 0.25) is 12.2 Å². The highest BCUT2D eigenvalue weighted by atomic mass is 32.2. The van der Waals surface area contributed by atoms with Crippen LogP contribution in [-0.2, 0) is 16.1 Å². The molecule has 3 rings (SSSR count). The van der Waals surface area contributed by atoms with Gasteiger partial charge in [0, 0.05) is 12.3 Å². The first-order valence-corrected chi connectivity index (χ1v) is 15.0. The van der Waals surface area contributed by atoms with E-state index in [-0.39, 0.29) is 17.6 Å². The SMILES string of the molecule is CCN(CC)CCSc1nnc(C(=O)C(CC(C)C)N(C=O)C2(COCc3ccccc3)CCCCC2)o1. The van der Waals surface area contributed by atoms with Crippen LogP contribution in [-0.4, -0.2) is 75.8 Å². The molecule has 0 bridgehead atoms. The van der Waals surface area contributed by atoms with Gasteiger partial charge in [-0.2, -0.15) is 0 Å². The van der Waals surface area contributed by atoms with Gasteiger partial charge in [0.15, 0.2) is 0 Å². The molecule has 1 fully saturated rings. The number of carbonyl (C=O) groups excluding carboxylic acids is 2. The minimum Gasteiger partial charge on any atom is -0.408 e. The van der Waals surface area contributed by atoms with Crippen LogP contribution in [0.2, 0.25) is 0 Å². The van der Waals surface area contributed by atoms with Crippen LogP contribution in [0.15, 0.2) is 40.0 Å². The van der Waals surface area contributed by atoms with Crippen LogP contribution in [0, 0.1) is 5.92 Å². The van der Waals surface area contributed by atoms with E-state index in [2.05, 4.69) is 42.8 Å². The van der Waals surface area contributed by atoms with Crippen LogP contribution < -0.4 is 0 Å². The van der Waals surface area contributed by atoms with E-state index in [9.17, 15) is 9.59 Å². The van der Waals surface area contributed by atoms with Crippen molar-refractivity contribution in [2.45, 2.75) is 89.6 Å². The lowest BCUT2D eigenvalue weighted by Crippen LogP contribution is -2.59. The lowest BCUT2D eigenvalue weighted by Gasteiger charge is -2.47. The number of amides is 1. The molecule has 0 radical (unpaired) electrons. The summed E-state index contributed by atoms with van der Waals surface area (Å²) < 4.78 is 12.0. The molecule has 1 aromatic heterocycles. The Labute approximate surface area is 231 Å². The van der Waals surface area contributed by atoms with Gasteiger partial charge < -0.3 is 19.0 Å². The van der Waals surface area contributed by atoms with E-state index >= 15 is 0 Å². The Bertz CT molecular complexity index is 974. The number of rotatable bonds is 17. The lowest BCUT2D eigenvalue weighted by atomic mass is 9.79. The monoisotopic (exact) mass is 544 g/mol. The smallest absolute Gasteiger partial charge is 0.286 e. The molecule has 1 aromatic carbocycles. The van der Waals surface area contributed by atoms with Gasteiger partial charge in [0.05, 0.1) is 18.8 Å². The highest BCUT2D eigenvalue weighted by molar-refractivity contribution is 7.99. The van der Waals surface area contributed by atoms with E-state index in [0.717, 1.165) is 69.5 Å². The number of hydrogen-bond donors (Lipinski definition) is 0. The molecular formula is C29H44N4O4S. The van der Waals surface area contributed by atoms with Crippen LogP contribution in [0.4, 0.5) is 0 Å². The number of nitrogens with zero attached hydrogens (tertiary/aromatic N) is 4. The topological polar surface area (TPSA) is 88.8 Å². The third kappa shape index (κ3) is 8.38. The molecule has 0 saturated heterocycles. The summed E-state index contributed by atoms with van der Waals surface area (Å²) in [6.07, 6.45) is 6.08. The van der Waals surface area contributed by atoms with Crippen LogP contribution >= 0.6 is 11.8 Å². The molecule has 0 spiro atoms. The largest absolute Gasteiger partial charge is 0.408 e. The van der Waals surface area contributed by atoms with Gasteiger partial charge in [0.1, 0.15) is 6.04 Å². The Balaban J connectivity index is 1.77. The molecular weight excluding hydrogens is 500 g/mol. The fraction of sp³-hybridized carbons (Fsp3) is 0.655. The van der Waals surface area contributed by atoms with Crippen molar-refractivity contribution >= 4 is 24.0 Å². The van der Waals surface area contributed by atoms with E-state index < -0.39 is 11.6 Å². The average Bonchev–Trinajstić information content (AvgIpc) is 3.40. The molecule has 9 heteroatoms. The molecule has 1 atom stereocenters. The molecule has 1 saturated carbocycles. The minimum atomic E-state index is -0.681. The van der Waals surface area contributed by atoms with Crippen LogP contribution in [0.25, 0.3) is 0 Å². The maximum absolute atomic E-state index is 13.8. The van der Waals surface area contributed by atoms with Crippen LogP contribution in [0.5, 0.6) is 0 Å². The third-order valence-corrected chi connectivity index (χ3v) is 8.20. The van der Waals surface area contributed by atoms with Gasteiger partial charge in [-0.25, -0.2) is 0 Å². The number of Topliss-reactive ketones (excluding diaryl/α,β-unsaturated/α-hetero) is 1. The van der Waals surface area contributed by atoms with Gasteiger partial charge >= 0.3 is 0 Å². The predicted octanol–water partition coefficient (Wildman–Crippen LogP) is 5.48. The van der Waals surface area contributed by atoms with E-state index in [1.54, 1.807) is 4.90 Å². The van der Waals surface area contributed by atoms with Gasteiger partial charge in [-0.3, -0.25) is 9.59 Å². The molecule has 1 heterocycles. The van der Waals surface area contributed by atoms with Crippen LogP contribution in [0.1, 0.15) is 82.5 Å². The summed E-state index contributed by atoms with van der Waals surface area (Å²) in [5.74, 6) is 0.684. The first kappa shape index (κ1) is 30.3. The fourth-order valence-electron chi connectivity index (χ4n) is 5.24. The van der Waals surface area contributed by atoms with Crippen molar-refractivity contribution in [1.82, 2.24) is 20.0 Å². The van der Waals surface area contributed by atoms with E-state index in [4.69, 9.17) is 9.15 Å². The van der Waals surface area contributed by atoms with E-state index in [1.165, 1.54) is 11.8 Å². The zero-order valence-corrected chi connectivity index (χ0v) is 24.3. The Morgan fingerprint density at radius 3 is 2.47 bits per heavy atom. The number of hydrogen-bond acceptors (Lipinski definition) is 8. The number of thioether (sulfide) groups is 1. The van der Waals surface area contributed by atoms with Crippen molar-refractivity contribution in [1.29, 1.82) is 0 Å². The van der Waals surface area contributed by atoms with Crippen molar-refractivity contribution in [2.24, 2.45) is 5.92 Å². The lowest BCUT2D eigenvalue weighted by molar-refractivity contribution is -0.133. The number of aromatic nitrogens is 2. The molecule has 1 amide bonds. The second-order valence-corrected chi connectivity index (χ2v) is 11.6. The maximum atomic E-state index is 13.8. The van der Waals surface area contributed by atoms with Crippen molar-refractivity contribution < 1.29 is 18.7 Å². The van der Waals surface area contributed by atoms with Gasteiger partial charge in [0.25, 0.3) is 11.1 Å². The second-order valence-electron chi connectivity index (χ2n) is 10.5. The Morgan fingerprint density at radius 2 is 1.84 bits per heavy atom. The molecule has 1 aliphatic rings. The Kier molecular flexibility index (Phi) is 12.3. The first-order valence-electron chi connectivity index (χ1n) is 14.0. The summed E-state index contributed by atoms with van der Waals surface area (Å²) >= 11 is 1.46. The zero-order valence-electron chi connectivity index (χ0n) is 23.4. The van der Waals surface area contributed by atoms with Crippen LogP contribution in [0.3, 0.4) is 0 Å². The average molecular weight is 545 g/mol. The molecule has 0 N–H and O–H groups in total. The molecule has 1 unspecified atom stereocenters. The maximum Gasteiger partial charge on any atom is 0.286 e. The number of carbonyl (C=O) groups is 2. The first-order chi connectivity index (χ1) is 18.4. The summed E-state index contributed by atoms with van der Waals surface area (Å²) in [5.41, 5.74) is 0.550. The Morgan fingerprint density at radius 1 is 1.13 bits per heavy atom. The standard InChI is InChI=1S/C29H44N4O4S/c1-5-32(6-2)17-18-38-28-31-30-27(37-28)26(35)25(19-23(3)4)33(22-34)29(15-11-8-12-16-29)21-36-20-24-13-9-7-10-14-24/h7,9-10,13-14,22-23,25H,5-6,8,11-12,15-21H2,1-4H3. The minimum absolute atomic E-state index is 0.0241. The zero-order chi connectivity index (χ0) is 27.4. The van der Waals surface area contributed by atoms with Gasteiger partial charge in [-0.15, -0.1) is 10.2 Å². The number of ketones is 1. The molecule has 1 aliphatic carbocycles. The van der Waals surface area contributed by atoms with Crippen molar-refractivity contribution in [3.8, 4) is 0 Å². The highest BCUT2D eigenvalue weighted by Crippen LogP contribution is 2.37. The number of ether oxygens (including phenoxy) is 1. The Hall–Kier alpha value is -2.23. The predicted molar refractivity (Wildman–Crippen MR) is 150 cm³/mol. The van der Waals surface area contributed by atoms with Gasteiger partial charge in [-0.1, -0.05) is 89.1 Å². The summed E-state index contributed by atoms with van der Waals surface area (Å²) in [6.45, 7) is 12.1. The van der Waals surface area contributed by atoms with Crippen molar-refractivity contribution in [3.63, 3.8) is 0 Å². The quantitative estimate of drug-likeness (QED) is 0.147. The fourth-order valence-corrected chi connectivity index (χ4v) is 6.00. The third-order valence-electron chi connectivity index (χ3n) is 7.41. The molecule has 0 aliphatic heterocycles. The summed E-state index contributed by atoms with van der Waals surface area (Å²) in [6, 6.07) is 9.34. The van der Waals surface area contributed by atoms with Crippen molar-refractivity contribution in [2.75, 3.05) is 32.0 Å². The second kappa shape index (κ2) is 15.4. The molecule has 8 nitrogen and oxygen atoms in total. The summed E-state index contributed by atoms with van der Waals surface area (Å²) in [7, 11) is 0. The molecule has 2 aromatic rings. The molecule has 38 heavy (non-hydrogen) atoms.